The van der Waals surface area contributed by atoms with Gasteiger partial charge in [0.05, 0.1) is 17.7 Å². The molecule has 1 unspecified atom stereocenters. The number of carbonyl (C=O) groups is 2. The number of H-pyrrole nitrogens is 1. The maximum Gasteiger partial charge on any atom is 0.323 e. The number of nitrogens with zero attached hydrogens (tertiary/aromatic N) is 3. The van der Waals surface area contributed by atoms with Crippen molar-refractivity contribution in [1.29, 1.82) is 0 Å². The second-order valence-corrected chi connectivity index (χ2v) is 12.1. The Hall–Kier alpha value is -4.47. The van der Waals surface area contributed by atoms with Gasteiger partial charge in [-0.3, -0.25) is 14.3 Å². The molecule has 0 radical (unpaired) electrons. The van der Waals surface area contributed by atoms with Crippen LogP contribution in [0.2, 0.25) is 0 Å². The first-order valence-corrected chi connectivity index (χ1v) is 15.7. The Balaban J connectivity index is 1.49. The number of aromatic nitrogens is 4. The van der Waals surface area contributed by atoms with Gasteiger partial charge in [-0.05, 0) is 63.4 Å². The van der Waals surface area contributed by atoms with Crippen LogP contribution in [0.1, 0.15) is 39.9 Å². The average Bonchev–Trinajstić information content (AvgIpc) is 3.62. The maximum absolute atomic E-state index is 13.2. The maximum atomic E-state index is 13.2. The molecule has 0 fully saturated rings. The second-order valence-electron chi connectivity index (χ2n) is 10.4. The van der Waals surface area contributed by atoms with Crippen LogP contribution in [0.25, 0.3) is 10.9 Å². The molecule has 1 atom stereocenters. The van der Waals surface area contributed by atoms with Crippen molar-refractivity contribution >= 4 is 38.8 Å². The van der Waals surface area contributed by atoms with Crippen molar-refractivity contribution < 1.29 is 27.9 Å². The molecule has 44 heavy (non-hydrogen) atoms. The van der Waals surface area contributed by atoms with E-state index in [0.29, 0.717) is 66.4 Å². The fraction of sp³-hybridized carbons (Fsp3) is 0.379. The quantitative estimate of drug-likeness (QED) is 0.0998. The summed E-state index contributed by atoms with van der Waals surface area (Å²) in [6, 6.07) is 5.01. The zero-order valence-electron chi connectivity index (χ0n) is 24.9. The molecule has 0 spiro atoms. The molecule has 7 N–H and O–H groups in total. The predicted octanol–water partition coefficient (Wildman–Crippen LogP) is 2.08. The highest BCUT2D eigenvalue weighted by Gasteiger charge is 2.28. The number of carbonyl (C=O) groups excluding carboxylic acids is 1. The van der Waals surface area contributed by atoms with Crippen molar-refractivity contribution in [3.63, 3.8) is 0 Å². The number of carboxylic acid groups (broad SMARTS) is 1. The molecule has 0 aliphatic heterocycles. The van der Waals surface area contributed by atoms with Crippen LogP contribution >= 0.6 is 0 Å². The molecular weight excluding hydrogens is 588 g/mol. The van der Waals surface area contributed by atoms with Gasteiger partial charge in [-0.25, -0.2) is 13.4 Å². The van der Waals surface area contributed by atoms with E-state index in [2.05, 4.69) is 30.4 Å². The largest absolute Gasteiger partial charge is 0.491 e. The molecule has 236 valence electrons. The first kappa shape index (κ1) is 32.4. The van der Waals surface area contributed by atoms with Crippen LogP contribution in [-0.2, 0) is 21.4 Å². The van der Waals surface area contributed by atoms with E-state index in [-0.39, 0.29) is 10.5 Å². The van der Waals surface area contributed by atoms with Crippen LogP contribution in [0.3, 0.4) is 0 Å². The number of amides is 1. The van der Waals surface area contributed by atoms with Gasteiger partial charge in [0.15, 0.2) is 5.95 Å². The average molecular weight is 627 g/mol. The fourth-order valence-corrected chi connectivity index (χ4v) is 6.62. The number of aromatic amines is 1. The Labute approximate surface area is 255 Å². The number of hydrogen-bond acceptors (Lipinski definition) is 9. The van der Waals surface area contributed by atoms with Gasteiger partial charge in [0, 0.05) is 43.0 Å². The van der Waals surface area contributed by atoms with Crippen molar-refractivity contribution in [1.82, 2.24) is 29.8 Å². The fourth-order valence-electron chi connectivity index (χ4n) is 4.98. The highest BCUT2D eigenvalue weighted by atomic mass is 32.2. The van der Waals surface area contributed by atoms with Crippen LogP contribution in [0.15, 0.2) is 47.8 Å². The summed E-state index contributed by atoms with van der Waals surface area (Å²) < 4.78 is 36.3. The van der Waals surface area contributed by atoms with Gasteiger partial charge in [-0.1, -0.05) is 17.7 Å². The molecule has 0 saturated carbocycles. The molecule has 14 nitrogen and oxygen atoms in total. The first-order chi connectivity index (χ1) is 21.0. The van der Waals surface area contributed by atoms with Crippen molar-refractivity contribution in [3.05, 3.63) is 65.1 Å². The summed E-state index contributed by atoms with van der Waals surface area (Å²) in [4.78, 5) is 32.3. The minimum atomic E-state index is -4.20. The zero-order chi connectivity index (χ0) is 31.9. The zero-order valence-corrected chi connectivity index (χ0v) is 25.7. The number of rotatable bonds is 16. The van der Waals surface area contributed by atoms with Crippen LogP contribution in [0.4, 0.5) is 5.95 Å². The number of nitrogens with one attached hydrogen (secondary N) is 4. The number of nitrogens with two attached hydrogens (primary N) is 1. The molecule has 4 aromatic rings. The molecule has 0 aliphatic rings. The van der Waals surface area contributed by atoms with Crippen molar-refractivity contribution in [2.75, 3.05) is 31.6 Å². The molecule has 2 heterocycles. The Morgan fingerprint density at radius 3 is 2.55 bits per heavy atom. The lowest BCUT2D eigenvalue weighted by atomic mass is 10.1. The SMILES string of the molecule is Cc1cc(C)c(S(=O)(=O)NC(CNC(=O)c2cc(OCCCN)c3c(cnn3CCCNc3ncc[nH]3)c2)C(=O)O)c(C)c1. The highest BCUT2D eigenvalue weighted by molar-refractivity contribution is 7.89. The Morgan fingerprint density at radius 2 is 1.89 bits per heavy atom. The Bertz CT molecular complexity index is 1700. The first-order valence-electron chi connectivity index (χ1n) is 14.2. The normalized spacial score (nSPS) is 12.3. The molecule has 15 heteroatoms. The van der Waals surface area contributed by atoms with Gasteiger partial charge in [-0.2, -0.15) is 9.82 Å². The number of ether oxygens (including phenoxy) is 1. The lowest BCUT2D eigenvalue weighted by Crippen LogP contribution is -2.48. The van der Waals surface area contributed by atoms with Gasteiger partial charge < -0.3 is 31.2 Å². The lowest BCUT2D eigenvalue weighted by Gasteiger charge is -2.18. The lowest BCUT2D eigenvalue weighted by molar-refractivity contribution is -0.138. The van der Waals surface area contributed by atoms with Crippen LogP contribution in [0, 0.1) is 20.8 Å². The summed E-state index contributed by atoms with van der Waals surface area (Å²) in [5, 5.41) is 20.6. The molecule has 2 aromatic carbocycles. The molecule has 2 aromatic heterocycles. The summed E-state index contributed by atoms with van der Waals surface area (Å²) in [5.41, 5.74) is 8.42. The smallest absolute Gasteiger partial charge is 0.323 e. The second kappa shape index (κ2) is 14.3. The monoisotopic (exact) mass is 626 g/mol. The molecule has 0 aliphatic carbocycles. The van der Waals surface area contributed by atoms with E-state index in [1.165, 1.54) is 0 Å². The number of aliphatic carboxylic acids is 1. The molecule has 0 bridgehead atoms. The number of anilines is 1. The number of sulfonamides is 1. The summed E-state index contributed by atoms with van der Waals surface area (Å²) in [6.07, 6.45) is 6.35. The van der Waals surface area contributed by atoms with Gasteiger partial charge in [0.2, 0.25) is 10.0 Å². The van der Waals surface area contributed by atoms with E-state index in [9.17, 15) is 23.1 Å². The van der Waals surface area contributed by atoms with E-state index in [1.807, 2.05) is 6.92 Å². The van der Waals surface area contributed by atoms with E-state index in [1.54, 1.807) is 61.4 Å². The standard InChI is InChI=1S/C29H38N8O6S/c1-18-12-19(2)26(20(3)13-18)44(41,42)36-23(28(39)40)17-34-27(38)21-14-22-16-35-37(10-5-7-31-29-32-8-9-33-29)25(22)24(15-21)43-11-4-6-30/h8-9,12-16,23,36H,4-7,10-11,17,30H2,1-3H3,(H,34,38)(H,39,40)(H2,31,32,33). The highest BCUT2D eigenvalue weighted by Crippen LogP contribution is 2.28. The van der Waals surface area contributed by atoms with Crippen LogP contribution in [0.5, 0.6) is 5.75 Å². The minimum Gasteiger partial charge on any atom is -0.491 e. The van der Waals surface area contributed by atoms with Gasteiger partial charge in [0.25, 0.3) is 5.91 Å². The number of carboxylic acids is 1. The third kappa shape index (κ3) is 7.92. The third-order valence-corrected chi connectivity index (χ3v) is 8.62. The molecule has 1 amide bonds. The Morgan fingerprint density at radius 1 is 1.14 bits per heavy atom. The predicted molar refractivity (Wildman–Crippen MR) is 165 cm³/mol. The molecular formula is C29H38N8O6S. The molecule has 0 saturated heterocycles. The Kier molecular flexibility index (Phi) is 10.6. The van der Waals surface area contributed by atoms with Gasteiger partial charge >= 0.3 is 5.97 Å². The summed E-state index contributed by atoms with van der Waals surface area (Å²) in [6.45, 7) is 6.62. The summed E-state index contributed by atoms with van der Waals surface area (Å²) >= 11 is 0. The summed E-state index contributed by atoms with van der Waals surface area (Å²) in [5.74, 6) is -0.923. The number of fused-ring (bicyclic) bond motifs is 1. The van der Waals surface area contributed by atoms with Crippen molar-refractivity contribution in [2.24, 2.45) is 5.73 Å². The van der Waals surface area contributed by atoms with Crippen LogP contribution < -0.4 is 25.8 Å². The minimum absolute atomic E-state index is 0.0131. The van der Waals surface area contributed by atoms with Crippen LogP contribution in [-0.4, -0.2) is 77.4 Å². The summed E-state index contributed by atoms with van der Waals surface area (Å²) in [7, 11) is -4.20. The van der Waals surface area contributed by atoms with E-state index in [4.69, 9.17) is 10.5 Å². The third-order valence-electron chi connectivity index (χ3n) is 6.84. The van der Waals surface area contributed by atoms with E-state index >= 15 is 0 Å². The number of imidazole rings is 1. The van der Waals surface area contributed by atoms with Crippen molar-refractivity contribution in [3.8, 4) is 5.75 Å². The number of hydrogen-bond donors (Lipinski definition) is 6. The number of benzene rings is 2. The topological polar surface area (TPSA) is 206 Å². The van der Waals surface area contributed by atoms with E-state index < -0.39 is 34.5 Å². The van der Waals surface area contributed by atoms with Crippen molar-refractivity contribution in [2.45, 2.75) is 51.1 Å². The van der Waals surface area contributed by atoms with Gasteiger partial charge in [0.1, 0.15) is 17.3 Å². The van der Waals surface area contributed by atoms with E-state index in [0.717, 1.165) is 12.0 Å². The van der Waals surface area contributed by atoms with Gasteiger partial charge in [-0.15, -0.1) is 0 Å². The molecule has 4 rings (SSSR count). The number of aryl methyl sites for hydroxylation is 4.